The van der Waals surface area contributed by atoms with Gasteiger partial charge in [0.1, 0.15) is 23.2 Å². The van der Waals surface area contributed by atoms with E-state index >= 15 is 4.39 Å². The Morgan fingerprint density at radius 1 is 1.06 bits per heavy atom. The SMILES string of the molecule is C1COCCO1.CCOC(=O)C(c1ccc2cnc(Nc3ccc(-n4ccc(CO)n4)cc3F)cc2n1)C1CCN(C(=O)OC(C)(C)C)CC1. The van der Waals surface area contributed by atoms with E-state index in [2.05, 4.69) is 15.4 Å². The molecule has 14 heteroatoms. The minimum atomic E-state index is -0.608. The van der Waals surface area contributed by atoms with Crippen LogP contribution in [0.3, 0.4) is 0 Å². The second-order valence-electron chi connectivity index (χ2n) is 13.0. The van der Waals surface area contributed by atoms with Crippen LogP contribution in [0.5, 0.6) is 0 Å². The quantitative estimate of drug-likeness (QED) is 0.225. The van der Waals surface area contributed by atoms with Crippen LogP contribution in [0, 0.1) is 11.7 Å². The number of nitrogens with zero attached hydrogens (tertiary/aromatic N) is 5. The van der Waals surface area contributed by atoms with Crippen molar-refractivity contribution in [3.8, 4) is 5.69 Å². The number of piperidine rings is 1. The van der Waals surface area contributed by atoms with E-state index in [-0.39, 0.29) is 36.9 Å². The molecule has 268 valence electrons. The molecule has 1 atom stereocenters. The maximum absolute atomic E-state index is 15.0. The number of nitrogens with one attached hydrogen (secondary N) is 1. The Hall–Kier alpha value is -4.66. The van der Waals surface area contributed by atoms with E-state index in [0.29, 0.717) is 54.3 Å². The lowest BCUT2D eigenvalue weighted by molar-refractivity contribution is -0.147. The molecule has 1 amide bonds. The Morgan fingerprint density at radius 3 is 2.38 bits per heavy atom. The first-order valence-corrected chi connectivity index (χ1v) is 16.8. The highest BCUT2D eigenvalue weighted by Crippen LogP contribution is 2.35. The van der Waals surface area contributed by atoms with Crippen molar-refractivity contribution in [2.24, 2.45) is 5.92 Å². The first-order chi connectivity index (χ1) is 24.0. The third-order valence-electron chi connectivity index (χ3n) is 8.15. The molecule has 2 aliphatic heterocycles. The Labute approximate surface area is 290 Å². The van der Waals surface area contributed by atoms with Crippen LogP contribution in [-0.4, -0.2) is 93.5 Å². The minimum Gasteiger partial charge on any atom is -0.465 e. The molecule has 13 nitrogen and oxygen atoms in total. The van der Waals surface area contributed by atoms with Gasteiger partial charge in [-0.25, -0.2) is 18.9 Å². The van der Waals surface area contributed by atoms with Gasteiger partial charge in [0, 0.05) is 43.0 Å². The number of aromatic nitrogens is 4. The standard InChI is InChI=1S/C32H37FN6O5.C4H8O2/c1-5-43-30(41)29(20-10-13-38(14-11-20)31(42)44-32(2,3)4)26-8-6-21-18-34-28(17-27(21)35-26)36-25-9-7-23(16-24(25)33)39-15-12-22(19-40)37-39;1-2-6-4-3-5-1/h6-9,12,15-18,20,29,40H,5,10-11,13-14,19H2,1-4H3,(H,34,36);1-4H2. The van der Waals surface area contributed by atoms with Crippen LogP contribution >= 0.6 is 0 Å². The van der Waals surface area contributed by atoms with Gasteiger partial charge >= 0.3 is 12.1 Å². The summed E-state index contributed by atoms with van der Waals surface area (Å²) in [7, 11) is 0. The third kappa shape index (κ3) is 9.73. The predicted octanol–water partition coefficient (Wildman–Crippen LogP) is 5.52. The van der Waals surface area contributed by atoms with Gasteiger partial charge in [0.25, 0.3) is 0 Å². The molecule has 2 saturated heterocycles. The van der Waals surface area contributed by atoms with Gasteiger partial charge in [-0.15, -0.1) is 0 Å². The molecule has 0 saturated carbocycles. The van der Waals surface area contributed by atoms with Crippen molar-refractivity contribution in [2.75, 3.05) is 51.4 Å². The van der Waals surface area contributed by atoms with E-state index < -0.39 is 17.3 Å². The molecule has 0 bridgehead atoms. The van der Waals surface area contributed by atoms with E-state index in [9.17, 15) is 14.7 Å². The summed E-state index contributed by atoms with van der Waals surface area (Å²) >= 11 is 0. The van der Waals surface area contributed by atoms with Crippen molar-refractivity contribution >= 4 is 34.5 Å². The first-order valence-electron chi connectivity index (χ1n) is 16.8. The Bertz CT molecular complexity index is 1740. The van der Waals surface area contributed by atoms with Crippen LogP contribution in [0.2, 0.25) is 0 Å². The summed E-state index contributed by atoms with van der Waals surface area (Å²) in [5.74, 6) is -1.16. The fraction of sp³-hybridized carbons (Fsp3) is 0.472. The van der Waals surface area contributed by atoms with E-state index in [4.69, 9.17) is 23.9 Å². The topological polar surface area (TPSA) is 150 Å². The van der Waals surface area contributed by atoms with E-state index in [1.165, 1.54) is 10.7 Å². The Kier molecular flexibility index (Phi) is 12.3. The molecule has 4 aromatic rings. The molecule has 3 aromatic heterocycles. The molecule has 5 heterocycles. The van der Waals surface area contributed by atoms with Crippen LogP contribution in [0.15, 0.2) is 54.9 Å². The summed E-state index contributed by atoms with van der Waals surface area (Å²) < 4.78 is 37.4. The van der Waals surface area contributed by atoms with Crippen molar-refractivity contribution in [2.45, 2.75) is 58.7 Å². The Balaban J connectivity index is 0.000000732. The number of amides is 1. The molecule has 2 aliphatic rings. The molecule has 2 fully saturated rings. The number of rotatable bonds is 8. The molecule has 6 rings (SSSR count). The average Bonchev–Trinajstić information content (AvgIpc) is 3.60. The normalized spacial score (nSPS) is 15.9. The highest BCUT2D eigenvalue weighted by atomic mass is 19.1. The number of ether oxygens (including phenoxy) is 4. The number of pyridine rings is 2. The number of fused-ring (bicyclic) bond motifs is 1. The van der Waals surface area contributed by atoms with Gasteiger partial charge in [-0.1, -0.05) is 0 Å². The lowest BCUT2D eigenvalue weighted by Crippen LogP contribution is -2.43. The van der Waals surface area contributed by atoms with Gasteiger partial charge < -0.3 is 34.3 Å². The maximum Gasteiger partial charge on any atom is 0.410 e. The number of anilines is 2. The van der Waals surface area contributed by atoms with Crippen LogP contribution in [0.1, 0.15) is 57.8 Å². The zero-order chi connectivity index (χ0) is 35.7. The monoisotopic (exact) mass is 692 g/mol. The summed E-state index contributed by atoms with van der Waals surface area (Å²) in [6, 6.07) is 11.7. The molecular formula is C36H45FN6O7. The minimum absolute atomic E-state index is 0.0760. The predicted molar refractivity (Wildman–Crippen MR) is 184 cm³/mol. The van der Waals surface area contributed by atoms with Gasteiger partial charge in [-0.2, -0.15) is 5.10 Å². The fourth-order valence-corrected chi connectivity index (χ4v) is 5.72. The average molecular weight is 693 g/mol. The number of likely N-dealkylation sites (tertiary alicyclic amines) is 1. The summed E-state index contributed by atoms with van der Waals surface area (Å²) in [6.07, 6.45) is 4.12. The fourth-order valence-electron chi connectivity index (χ4n) is 5.72. The van der Waals surface area contributed by atoms with Crippen LogP contribution in [0.25, 0.3) is 16.6 Å². The van der Waals surface area contributed by atoms with E-state index in [0.717, 1.165) is 31.8 Å². The number of carbonyl (C=O) groups is 2. The van der Waals surface area contributed by atoms with E-state index in [1.54, 1.807) is 48.5 Å². The molecule has 2 N–H and O–H groups in total. The lowest BCUT2D eigenvalue weighted by atomic mass is 9.82. The zero-order valence-corrected chi connectivity index (χ0v) is 28.9. The van der Waals surface area contributed by atoms with Gasteiger partial charge in [0.05, 0.1) is 67.9 Å². The number of aliphatic hydroxyl groups excluding tert-OH is 1. The second kappa shape index (κ2) is 16.8. The number of hydrogen-bond donors (Lipinski definition) is 2. The zero-order valence-electron chi connectivity index (χ0n) is 28.9. The van der Waals surface area contributed by atoms with Gasteiger partial charge in [-0.05, 0) is 76.8 Å². The van der Waals surface area contributed by atoms with Gasteiger partial charge in [0.2, 0.25) is 0 Å². The molecule has 0 spiro atoms. The van der Waals surface area contributed by atoms with Crippen molar-refractivity contribution in [3.63, 3.8) is 0 Å². The van der Waals surface area contributed by atoms with Crippen molar-refractivity contribution in [1.82, 2.24) is 24.6 Å². The van der Waals surface area contributed by atoms with Crippen molar-refractivity contribution in [3.05, 3.63) is 72.1 Å². The molecule has 50 heavy (non-hydrogen) atoms. The van der Waals surface area contributed by atoms with Crippen LogP contribution in [-0.2, 0) is 30.3 Å². The Morgan fingerprint density at radius 2 is 1.78 bits per heavy atom. The summed E-state index contributed by atoms with van der Waals surface area (Å²) in [5.41, 5.74) is 1.78. The highest BCUT2D eigenvalue weighted by Gasteiger charge is 2.36. The third-order valence-corrected chi connectivity index (χ3v) is 8.15. The molecular weight excluding hydrogens is 647 g/mol. The number of hydrogen-bond acceptors (Lipinski definition) is 11. The molecule has 1 aromatic carbocycles. The highest BCUT2D eigenvalue weighted by molar-refractivity contribution is 5.83. The van der Waals surface area contributed by atoms with Crippen molar-refractivity contribution in [1.29, 1.82) is 0 Å². The number of esters is 1. The first kappa shape index (κ1) is 36.6. The van der Waals surface area contributed by atoms with Gasteiger partial charge in [0.15, 0.2) is 0 Å². The van der Waals surface area contributed by atoms with Crippen LogP contribution in [0.4, 0.5) is 20.7 Å². The summed E-state index contributed by atoms with van der Waals surface area (Å²) in [4.78, 5) is 36.7. The molecule has 0 radical (unpaired) electrons. The summed E-state index contributed by atoms with van der Waals surface area (Å²) in [6.45, 7) is 11.4. The smallest absolute Gasteiger partial charge is 0.410 e. The number of carbonyl (C=O) groups excluding carboxylic acids is 2. The maximum atomic E-state index is 15.0. The van der Waals surface area contributed by atoms with Crippen molar-refractivity contribution < 1.29 is 38.0 Å². The second-order valence-corrected chi connectivity index (χ2v) is 13.0. The van der Waals surface area contributed by atoms with Gasteiger partial charge in [-0.3, -0.25) is 9.78 Å². The summed E-state index contributed by atoms with van der Waals surface area (Å²) in [5, 5.41) is 17.2. The molecule has 1 unspecified atom stereocenters. The van der Waals surface area contributed by atoms with E-state index in [1.807, 2.05) is 32.9 Å². The molecule has 0 aliphatic carbocycles. The lowest BCUT2D eigenvalue weighted by Gasteiger charge is -2.35. The number of benzene rings is 1. The number of aliphatic hydroxyl groups is 1. The number of halogens is 1. The largest absolute Gasteiger partial charge is 0.465 e. The van der Waals surface area contributed by atoms with Crippen LogP contribution < -0.4 is 5.32 Å².